The van der Waals surface area contributed by atoms with Crippen molar-refractivity contribution in [3.63, 3.8) is 0 Å². The van der Waals surface area contributed by atoms with Gasteiger partial charge in [-0.1, -0.05) is 6.42 Å². The van der Waals surface area contributed by atoms with E-state index in [9.17, 15) is 0 Å². The van der Waals surface area contributed by atoms with Crippen molar-refractivity contribution in [2.45, 2.75) is 38.5 Å². The summed E-state index contributed by atoms with van der Waals surface area (Å²) in [6.07, 6.45) is 7.26. The normalized spacial score (nSPS) is 10.9. The van der Waals surface area contributed by atoms with E-state index in [0.29, 0.717) is 0 Å². The molecule has 0 saturated carbocycles. The highest BCUT2D eigenvalue weighted by atomic mass is 14.9. The van der Waals surface area contributed by atoms with E-state index in [1.165, 1.54) is 25.7 Å². The Hall–Kier alpha value is -0.160. The summed E-state index contributed by atoms with van der Waals surface area (Å²) in [4.78, 5) is 0. The summed E-state index contributed by atoms with van der Waals surface area (Å²) in [5, 5.41) is 6.84. The maximum Gasteiger partial charge on any atom is -0.00369 e. The third-order valence-electron chi connectivity index (χ3n) is 2.57. The van der Waals surface area contributed by atoms with Gasteiger partial charge in [0.1, 0.15) is 0 Å². The number of unbranched alkanes of at least 4 members (excludes halogenated alkanes) is 3. The second kappa shape index (κ2) is 14.8. The van der Waals surface area contributed by atoms with Crippen LogP contribution in [0.3, 0.4) is 0 Å². The van der Waals surface area contributed by atoms with Crippen molar-refractivity contribution in [3.05, 3.63) is 0 Å². The van der Waals surface area contributed by atoms with Crippen LogP contribution in [-0.2, 0) is 0 Å². The lowest BCUT2D eigenvalue weighted by molar-refractivity contribution is 0.558. The van der Waals surface area contributed by atoms with E-state index in [1.54, 1.807) is 0 Å². The predicted molar refractivity (Wildman–Crippen MR) is 71.6 cm³/mol. The first-order valence-electron chi connectivity index (χ1n) is 6.73. The largest absolute Gasteiger partial charge is 0.330 e. The van der Waals surface area contributed by atoms with Crippen LogP contribution in [-0.4, -0.2) is 39.3 Å². The third-order valence-corrected chi connectivity index (χ3v) is 2.57. The molecule has 0 aromatic carbocycles. The van der Waals surface area contributed by atoms with E-state index >= 15 is 0 Å². The molecule has 16 heavy (non-hydrogen) atoms. The van der Waals surface area contributed by atoms with Crippen LogP contribution < -0.4 is 22.1 Å². The van der Waals surface area contributed by atoms with Crippen LogP contribution in [0.1, 0.15) is 38.5 Å². The van der Waals surface area contributed by atoms with Crippen LogP contribution in [0.2, 0.25) is 0 Å². The standard InChI is InChI=1S/C12H30N4/c13-7-2-1-3-9-15-10-4-5-11-16-12-6-8-14/h15-16H,1-14H2. The molecule has 0 aliphatic carbocycles. The first kappa shape index (κ1) is 15.8. The molecule has 0 aliphatic rings. The Labute approximate surface area is 101 Å². The number of rotatable bonds is 13. The fourth-order valence-electron chi connectivity index (χ4n) is 1.55. The zero-order chi connectivity index (χ0) is 11.9. The van der Waals surface area contributed by atoms with Gasteiger partial charge in [0.05, 0.1) is 0 Å². The predicted octanol–water partition coefficient (Wildman–Crippen LogP) is 0.424. The summed E-state index contributed by atoms with van der Waals surface area (Å²) in [6, 6.07) is 0. The average molecular weight is 230 g/mol. The Morgan fingerprint density at radius 2 is 0.938 bits per heavy atom. The molecule has 0 amide bonds. The lowest BCUT2D eigenvalue weighted by Gasteiger charge is -2.05. The van der Waals surface area contributed by atoms with E-state index in [1.807, 2.05) is 0 Å². The number of hydrogen-bond donors (Lipinski definition) is 4. The summed E-state index contributed by atoms with van der Waals surface area (Å²) in [5.41, 5.74) is 10.8. The zero-order valence-corrected chi connectivity index (χ0v) is 10.6. The van der Waals surface area contributed by atoms with Crippen LogP contribution >= 0.6 is 0 Å². The topological polar surface area (TPSA) is 76.1 Å². The summed E-state index contributed by atoms with van der Waals surface area (Å²) in [5.74, 6) is 0. The van der Waals surface area contributed by atoms with Crippen LogP contribution in [0.15, 0.2) is 0 Å². The highest BCUT2D eigenvalue weighted by molar-refractivity contribution is 4.53. The van der Waals surface area contributed by atoms with Gasteiger partial charge in [-0.25, -0.2) is 0 Å². The smallest absolute Gasteiger partial charge is 0.00369 e. The number of nitrogens with two attached hydrogens (primary N) is 2. The summed E-state index contributed by atoms with van der Waals surface area (Å²) >= 11 is 0. The van der Waals surface area contributed by atoms with Gasteiger partial charge in [-0.05, 0) is 71.4 Å². The highest BCUT2D eigenvalue weighted by Gasteiger charge is 1.90. The molecule has 4 nitrogen and oxygen atoms in total. The van der Waals surface area contributed by atoms with Gasteiger partial charge in [-0.2, -0.15) is 0 Å². The first-order chi connectivity index (χ1) is 7.91. The van der Waals surface area contributed by atoms with E-state index in [2.05, 4.69) is 10.6 Å². The summed E-state index contributed by atoms with van der Waals surface area (Å²) in [6.45, 7) is 6.07. The van der Waals surface area contributed by atoms with Crippen molar-refractivity contribution in [2.24, 2.45) is 11.5 Å². The van der Waals surface area contributed by atoms with Crippen molar-refractivity contribution in [3.8, 4) is 0 Å². The first-order valence-corrected chi connectivity index (χ1v) is 6.73. The molecular formula is C12H30N4. The second-order valence-corrected chi connectivity index (χ2v) is 4.20. The van der Waals surface area contributed by atoms with Crippen molar-refractivity contribution in [1.82, 2.24) is 10.6 Å². The van der Waals surface area contributed by atoms with Crippen molar-refractivity contribution < 1.29 is 0 Å². The maximum atomic E-state index is 5.42. The fraction of sp³-hybridized carbons (Fsp3) is 1.00. The Morgan fingerprint density at radius 3 is 1.44 bits per heavy atom. The molecule has 6 N–H and O–H groups in total. The van der Waals surface area contributed by atoms with Crippen LogP contribution in [0.5, 0.6) is 0 Å². The number of hydrogen-bond acceptors (Lipinski definition) is 4. The average Bonchev–Trinajstić information content (AvgIpc) is 2.31. The lowest BCUT2D eigenvalue weighted by atomic mass is 10.2. The van der Waals surface area contributed by atoms with Gasteiger partial charge < -0.3 is 22.1 Å². The van der Waals surface area contributed by atoms with Gasteiger partial charge in [0.2, 0.25) is 0 Å². The SMILES string of the molecule is NCCCCCNCCCCNCCCN. The monoisotopic (exact) mass is 230 g/mol. The second-order valence-electron chi connectivity index (χ2n) is 4.20. The van der Waals surface area contributed by atoms with Crippen LogP contribution in [0.25, 0.3) is 0 Å². The van der Waals surface area contributed by atoms with Gasteiger partial charge in [-0.3, -0.25) is 0 Å². The zero-order valence-electron chi connectivity index (χ0n) is 10.6. The van der Waals surface area contributed by atoms with Gasteiger partial charge in [-0.15, -0.1) is 0 Å². The minimum atomic E-state index is 0.789. The third kappa shape index (κ3) is 13.8. The van der Waals surface area contributed by atoms with Gasteiger partial charge in [0.25, 0.3) is 0 Å². The Morgan fingerprint density at radius 1 is 0.500 bits per heavy atom. The molecule has 98 valence electrons. The molecule has 0 fully saturated rings. The van der Waals surface area contributed by atoms with Crippen LogP contribution in [0, 0.1) is 0 Å². The maximum absolute atomic E-state index is 5.42. The van der Waals surface area contributed by atoms with E-state index in [0.717, 1.165) is 52.1 Å². The quantitative estimate of drug-likeness (QED) is 0.346. The molecule has 0 aliphatic heterocycles. The summed E-state index contributed by atoms with van der Waals surface area (Å²) in [7, 11) is 0. The molecule has 4 heteroatoms. The molecule has 0 radical (unpaired) electrons. The molecule has 0 saturated heterocycles. The highest BCUT2D eigenvalue weighted by Crippen LogP contribution is 1.91. The van der Waals surface area contributed by atoms with Crippen molar-refractivity contribution >= 4 is 0 Å². The Kier molecular flexibility index (Phi) is 14.7. The Bertz CT molecular complexity index is 106. The van der Waals surface area contributed by atoms with Crippen molar-refractivity contribution in [2.75, 3.05) is 39.3 Å². The molecule has 0 atom stereocenters. The van der Waals surface area contributed by atoms with Gasteiger partial charge in [0.15, 0.2) is 0 Å². The molecular weight excluding hydrogens is 200 g/mol. The van der Waals surface area contributed by atoms with Crippen molar-refractivity contribution in [1.29, 1.82) is 0 Å². The fourth-order valence-corrected chi connectivity index (χ4v) is 1.55. The van der Waals surface area contributed by atoms with Gasteiger partial charge >= 0.3 is 0 Å². The molecule has 0 rings (SSSR count). The summed E-state index contributed by atoms with van der Waals surface area (Å²) < 4.78 is 0. The number of nitrogens with one attached hydrogen (secondary N) is 2. The minimum Gasteiger partial charge on any atom is -0.330 e. The molecule has 0 bridgehead atoms. The Balaban J connectivity index is 2.83. The molecule has 0 aromatic rings. The van der Waals surface area contributed by atoms with Crippen LogP contribution in [0.4, 0.5) is 0 Å². The molecule has 0 heterocycles. The van der Waals surface area contributed by atoms with E-state index < -0.39 is 0 Å². The van der Waals surface area contributed by atoms with Gasteiger partial charge in [0, 0.05) is 0 Å². The van der Waals surface area contributed by atoms with E-state index in [-0.39, 0.29) is 0 Å². The molecule has 0 unspecified atom stereocenters. The molecule has 0 spiro atoms. The lowest BCUT2D eigenvalue weighted by Crippen LogP contribution is -2.21. The minimum absolute atomic E-state index is 0.789. The van der Waals surface area contributed by atoms with E-state index in [4.69, 9.17) is 11.5 Å². The molecule has 0 aromatic heterocycles.